The number of ketones is 1. The average Bonchev–Trinajstić information content (AvgIpc) is 4.02. The van der Waals surface area contributed by atoms with E-state index in [1.54, 1.807) is 0 Å². The number of aliphatic hydroxyl groups is 2. The molecule has 0 saturated carbocycles. The Morgan fingerprint density at radius 2 is 1.45 bits per heavy atom. The van der Waals surface area contributed by atoms with Crippen LogP contribution in [0.2, 0.25) is 0 Å². The predicted octanol–water partition coefficient (Wildman–Crippen LogP) is 9.69. The van der Waals surface area contributed by atoms with Crippen molar-refractivity contribution in [1.29, 1.82) is 0 Å². The molecular formula is C55H80N4O7. The molecule has 4 aliphatic rings. The molecule has 5 heterocycles. The fourth-order valence-electron chi connectivity index (χ4n) is 11.2. The lowest BCUT2D eigenvalue weighted by molar-refractivity contribution is -0.143. The molecule has 2 aromatic rings. The molecule has 2 saturated heterocycles. The second-order valence-corrected chi connectivity index (χ2v) is 20.7. The number of carbonyl (C=O) groups is 3. The molecule has 0 spiro atoms. The monoisotopic (exact) mass is 909 g/mol. The summed E-state index contributed by atoms with van der Waals surface area (Å²) in [5.41, 5.74) is 8.83. The highest BCUT2D eigenvalue weighted by Crippen LogP contribution is 2.43. The third kappa shape index (κ3) is 11.1. The van der Waals surface area contributed by atoms with Crippen LogP contribution in [-0.4, -0.2) is 64.3 Å². The highest BCUT2D eigenvalue weighted by Gasteiger charge is 2.47. The van der Waals surface area contributed by atoms with E-state index in [0.717, 1.165) is 65.1 Å². The first-order valence-corrected chi connectivity index (χ1v) is 25.1. The zero-order valence-electron chi connectivity index (χ0n) is 41.8. The zero-order valence-corrected chi connectivity index (χ0v) is 41.8. The summed E-state index contributed by atoms with van der Waals surface area (Å²) in [5, 5.41) is 30.7. The van der Waals surface area contributed by atoms with Gasteiger partial charge in [0.15, 0.2) is 5.78 Å². The number of allylic oxidation sites excluding steroid dienone is 4. The van der Waals surface area contributed by atoms with Gasteiger partial charge in [-0.1, -0.05) is 99.0 Å². The summed E-state index contributed by atoms with van der Waals surface area (Å²) in [6, 6.07) is -0.478. The molecule has 0 unspecified atom stereocenters. The zero-order chi connectivity index (χ0) is 48.0. The molecule has 1 aliphatic carbocycles. The third-order valence-electron chi connectivity index (χ3n) is 15.4. The molecule has 8 bridgehead atoms. The number of carbonyl (C=O) groups excluding carboxylic acids is 3. The van der Waals surface area contributed by atoms with E-state index < -0.39 is 24.5 Å². The Bertz CT molecular complexity index is 2360. The third-order valence-corrected chi connectivity index (χ3v) is 15.4. The summed E-state index contributed by atoms with van der Waals surface area (Å²) in [5.74, 6) is -0.0987. The number of aromatic nitrogens is 2. The van der Waals surface area contributed by atoms with Crippen molar-refractivity contribution in [3.05, 3.63) is 73.1 Å². The smallest absolute Gasteiger partial charge is 0.320 e. The van der Waals surface area contributed by atoms with Gasteiger partial charge in [-0.05, 0) is 111 Å². The first kappa shape index (κ1) is 50.6. The second kappa shape index (κ2) is 22.4. The Hall–Kier alpha value is -4.77. The maximum atomic E-state index is 13.7. The van der Waals surface area contributed by atoms with Crippen LogP contribution in [-0.2, 0) is 19.1 Å². The van der Waals surface area contributed by atoms with Crippen molar-refractivity contribution in [3.63, 3.8) is 0 Å². The Morgan fingerprint density at radius 1 is 0.818 bits per heavy atom. The Balaban J connectivity index is 1.22. The normalized spacial score (nSPS) is 25.7. The molecule has 6 N–H and O–H groups in total. The van der Waals surface area contributed by atoms with Gasteiger partial charge < -0.3 is 40.3 Å². The van der Waals surface area contributed by atoms with Crippen LogP contribution in [0.1, 0.15) is 171 Å². The van der Waals surface area contributed by atoms with E-state index in [1.807, 2.05) is 32.1 Å². The number of aliphatic hydroxyl groups excluding tert-OH is 2. The van der Waals surface area contributed by atoms with Gasteiger partial charge in [-0.15, -0.1) is 0 Å². The molecule has 11 heteroatoms. The molecule has 3 aliphatic heterocycles. The van der Waals surface area contributed by atoms with Crippen LogP contribution in [0.5, 0.6) is 0 Å². The van der Waals surface area contributed by atoms with Crippen molar-refractivity contribution in [2.45, 2.75) is 152 Å². The molecule has 2 aromatic heterocycles. The fourth-order valence-corrected chi connectivity index (χ4v) is 11.2. The molecule has 2 fully saturated rings. The minimum atomic E-state index is -1.05. The number of esters is 2. The number of nitrogens with one attached hydrogen (secondary N) is 4. The highest BCUT2D eigenvalue weighted by atomic mass is 16.5. The van der Waals surface area contributed by atoms with Crippen molar-refractivity contribution < 1.29 is 34.1 Å². The first-order chi connectivity index (χ1) is 31.5. The quantitative estimate of drug-likeness (QED) is 0.0406. The number of hydrogen-bond acceptors (Lipinski definition) is 9. The number of methoxy groups -OCH3 is 1. The van der Waals surface area contributed by atoms with Gasteiger partial charge in [-0.25, -0.2) is 0 Å². The van der Waals surface area contributed by atoms with Crippen LogP contribution in [0.3, 0.4) is 0 Å². The highest BCUT2D eigenvalue weighted by molar-refractivity contribution is 6.02. The van der Waals surface area contributed by atoms with E-state index in [0.29, 0.717) is 45.3 Å². The van der Waals surface area contributed by atoms with Gasteiger partial charge in [0.25, 0.3) is 0 Å². The predicted molar refractivity (Wildman–Crippen MR) is 265 cm³/mol. The summed E-state index contributed by atoms with van der Waals surface area (Å²) < 4.78 is 11.1. The number of aromatic amines is 2. The lowest BCUT2D eigenvalue weighted by Crippen LogP contribution is -2.38. The lowest BCUT2D eigenvalue weighted by atomic mass is 9.80. The van der Waals surface area contributed by atoms with Gasteiger partial charge in [0.05, 0.1) is 24.2 Å². The van der Waals surface area contributed by atoms with E-state index in [9.17, 15) is 24.6 Å². The van der Waals surface area contributed by atoms with E-state index in [4.69, 9.17) is 9.47 Å². The van der Waals surface area contributed by atoms with Gasteiger partial charge in [-0.3, -0.25) is 14.4 Å². The van der Waals surface area contributed by atoms with Gasteiger partial charge in [0.2, 0.25) is 0 Å². The molecule has 6 rings (SSSR count). The van der Waals surface area contributed by atoms with Crippen molar-refractivity contribution in [1.82, 2.24) is 20.6 Å². The van der Waals surface area contributed by atoms with E-state index >= 15 is 0 Å². The Kier molecular flexibility index (Phi) is 17.1. The summed E-state index contributed by atoms with van der Waals surface area (Å²) >= 11 is 0. The first-order valence-electron chi connectivity index (χ1n) is 25.1. The van der Waals surface area contributed by atoms with E-state index in [1.165, 1.54) is 57.6 Å². The fraction of sp³-hybridized carbons (Fsp3) is 0.618. The lowest BCUT2D eigenvalue weighted by Gasteiger charge is -2.26. The standard InChI is InChI=1S/C55H80N4O7/c1-12-38-34(7)40-28-45-48(46(61)29-60)36(9)42(57-45)26-41-35(8)39(52(58-41)50-51(55(64)65-11)54(63)49-37(10)43(59-53(49)50)27-44(38)56-40)22-23-47(62)66-25-24-33(6)21-15-20-32(5)19-14-18-31(4)17-13-16-30(2)3/h24,26-28,30-32,34-35,38-39,51-52,56-60,63H,12-23,25,29H2,1-11H3/b33-24+,40-28-,41-26-,44-27-/t31-,32-,34-,35+,38-,39+,51-,52-/m1/s1. The summed E-state index contributed by atoms with van der Waals surface area (Å²) in [4.78, 5) is 47.7. The molecule has 66 heavy (non-hydrogen) atoms. The summed E-state index contributed by atoms with van der Waals surface area (Å²) in [6.07, 6.45) is 20.8. The number of rotatable bonds is 21. The van der Waals surface area contributed by atoms with E-state index in [-0.39, 0.29) is 54.2 Å². The SMILES string of the molecule is CC[C@H]1/C2=C/c3[nH]c4c(c3C)=C(O)[C@H](C(=O)OC)C=4[C@@H]3N/C(=C\c4[nH]c(c(C(=O)CO)c4C)/C=C(\N2)[C@@H]1C)[C@@H](C)[C@@H]3CCC(=O)OC/C=C(\C)CCC[C@H](C)CCC[C@H](C)CCCC(C)C. The molecule has 362 valence electrons. The van der Waals surface area contributed by atoms with Crippen LogP contribution in [0, 0.1) is 61.2 Å². The molecule has 0 aromatic carbocycles. The van der Waals surface area contributed by atoms with Crippen LogP contribution >= 0.6 is 0 Å². The maximum Gasteiger partial charge on any atom is 0.320 e. The van der Waals surface area contributed by atoms with Crippen molar-refractivity contribution >= 4 is 47.3 Å². The molecule has 8 atom stereocenters. The van der Waals surface area contributed by atoms with Crippen molar-refractivity contribution in [3.8, 4) is 0 Å². The minimum absolute atomic E-state index is 0.0528. The topological polar surface area (TPSA) is 166 Å². The molecule has 11 nitrogen and oxygen atoms in total. The van der Waals surface area contributed by atoms with Crippen LogP contribution in [0.4, 0.5) is 0 Å². The maximum absolute atomic E-state index is 13.7. The number of H-pyrrole nitrogens is 2. The molecular weight excluding hydrogens is 829 g/mol. The van der Waals surface area contributed by atoms with Crippen LogP contribution in [0.15, 0.2) is 28.7 Å². The van der Waals surface area contributed by atoms with Gasteiger partial charge in [-0.2, -0.15) is 0 Å². The van der Waals surface area contributed by atoms with Gasteiger partial charge in [0, 0.05) is 63.4 Å². The number of Topliss-reactive ketones (excluding diaryl/α,β-unsaturated/α-hetero) is 1. The molecule has 0 amide bonds. The summed E-state index contributed by atoms with van der Waals surface area (Å²) in [7, 11) is 1.33. The number of fused-ring (bicyclic) bond motifs is 8. The number of ether oxygens (including phenoxy) is 2. The van der Waals surface area contributed by atoms with Crippen molar-refractivity contribution in [2.75, 3.05) is 20.3 Å². The molecule has 0 radical (unpaired) electrons. The minimum Gasteiger partial charge on any atom is -0.510 e. The Labute approximate surface area is 393 Å². The van der Waals surface area contributed by atoms with Gasteiger partial charge >= 0.3 is 11.9 Å². The van der Waals surface area contributed by atoms with Crippen molar-refractivity contribution in [2.24, 2.45) is 47.3 Å². The van der Waals surface area contributed by atoms with E-state index in [2.05, 4.69) is 82.1 Å². The largest absolute Gasteiger partial charge is 0.510 e. The number of hydrogen-bond donors (Lipinski definition) is 6. The second-order valence-electron chi connectivity index (χ2n) is 20.7. The Morgan fingerprint density at radius 3 is 2.11 bits per heavy atom. The summed E-state index contributed by atoms with van der Waals surface area (Å²) in [6.45, 7) is 21.4. The van der Waals surface area contributed by atoms with Crippen LogP contribution < -0.4 is 21.2 Å². The van der Waals surface area contributed by atoms with Gasteiger partial charge in [0.1, 0.15) is 24.9 Å². The van der Waals surface area contributed by atoms with Crippen LogP contribution in [0.25, 0.3) is 29.6 Å². The average molecular weight is 909 g/mol.